The summed E-state index contributed by atoms with van der Waals surface area (Å²) in [6.45, 7) is 3.07. The van der Waals surface area contributed by atoms with Crippen molar-refractivity contribution in [2.75, 3.05) is 12.3 Å². The Kier molecular flexibility index (Phi) is 3.70. The van der Waals surface area contributed by atoms with Crippen LogP contribution < -0.4 is 11.1 Å². The summed E-state index contributed by atoms with van der Waals surface area (Å²) in [7, 11) is 0. The van der Waals surface area contributed by atoms with Crippen LogP contribution >= 0.6 is 0 Å². The molecule has 0 saturated carbocycles. The topological polar surface area (TPSA) is 50.9 Å². The lowest BCUT2D eigenvalue weighted by Crippen LogP contribution is -2.27. The molecule has 1 aliphatic carbocycles. The van der Waals surface area contributed by atoms with Gasteiger partial charge in [0.05, 0.1) is 0 Å². The van der Waals surface area contributed by atoms with Gasteiger partial charge in [0.25, 0.3) is 0 Å². The molecular weight excluding hydrogens is 246 g/mol. The Morgan fingerprint density at radius 2 is 2.20 bits per heavy atom. The number of anilines is 1. The van der Waals surface area contributed by atoms with E-state index in [0.717, 1.165) is 24.2 Å². The van der Waals surface area contributed by atoms with Gasteiger partial charge in [-0.3, -0.25) is 4.98 Å². The number of nitrogens with zero attached hydrogens (tertiary/aromatic N) is 1. The van der Waals surface area contributed by atoms with Gasteiger partial charge in [-0.2, -0.15) is 0 Å². The number of pyridine rings is 1. The molecule has 0 amide bonds. The van der Waals surface area contributed by atoms with Crippen LogP contribution in [0.2, 0.25) is 0 Å². The van der Waals surface area contributed by atoms with E-state index in [1.54, 1.807) is 6.20 Å². The summed E-state index contributed by atoms with van der Waals surface area (Å²) in [6, 6.07) is 10.9. The number of nitrogens with two attached hydrogens (primary N) is 1. The van der Waals surface area contributed by atoms with E-state index in [1.807, 2.05) is 12.3 Å². The first-order valence-corrected chi connectivity index (χ1v) is 7.31. The predicted octanol–water partition coefficient (Wildman–Crippen LogP) is 3.04. The Bertz CT molecular complexity index is 594. The minimum Gasteiger partial charge on any atom is -0.398 e. The molecule has 0 aliphatic heterocycles. The van der Waals surface area contributed by atoms with Gasteiger partial charge in [0.1, 0.15) is 0 Å². The summed E-state index contributed by atoms with van der Waals surface area (Å²) in [6.07, 6.45) is 5.99. The zero-order valence-electron chi connectivity index (χ0n) is 11.8. The van der Waals surface area contributed by atoms with E-state index >= 15 is 0 Å². The number of aromatic nitrogens is 1. The Labute approximate surface area is 120 Å². The number of hydrogen-bond acceptors (Lipinski definition) is 3. The lowest BCUT2D eigenvalue weighted by atomic mass is 9.88. The Morgan fingerprint density at radius 3 is 3.00 bits per heavy atom. The molecule has 3 nitrogen and oxygen atoms in total. The SMILES string of the molecule is CCNC(c1cnccc1N)C1CCc2ccccc21. The van der Waals surface area contributed by atoms with Gasteiger partial charge in [0.15, 0.2) is 0 Å². The first-order valence-electron chi connectivity index (χ1n) is 7.31. The third-order valence-corrected chi connectivity index (χ3v) is 4.23. The zero-order valence-corrected chi connectivity index (χ0v) is 11.8. The molecule has 1 aliphatic rings. The smallest absolute Gasteiger partial charge is 0.0425 e. The van der Waals surface area contributed by atoms with Gasteiger partial charge in [0.2, 0.25) is 0 Å². The van der Waals surface area contributed by atoms with Crippen molar-refractivity contribution in [1.29, 1.82) is 0 Å². The molecule has 0 spiro atoms. The monoisotopic (exact) mass is 267 g/mol. The molecule has 0 fully saturated rings. The Hall–Kier alpha value is -1.87. The average Bonchev–Trinajstić information content (AvgIpc) is 2.90. The van der Waals surface area contributed by atoms with Crippen LogP contribution in [0.1, 0.15) is 42.0 Å². The number of nitrogens with one attached hydrogen (secondary N) is 1. The third kappa shape index (κ3) is 2.29. The molecule has 1 aromatic heterocycles. The summed E-state index contributed by atoms with van der Waals surface area (Å²) >= 11 is 0. The number of rotatable bonds is 4. The van der Waals surface area contributed by atoms with Gasteiger partial charge in [-0.1, -0.05) is 31.2 Å². The van der Waals surface area contributed by atoms with Crippen LogP contribution in [0.25, 0.3) is 0 Å². The highest BCUT2D eigenvalue weighted by atomic mass is 14.9. The number of aryl methyl sites for hydroxylation is 1. The summed E-state index contributed by atoms with van der Waals surface area (Å²) in [4.78, 5) is 4.26. The molecule has 104 valence electrons. The third-order valence-electron chi connectivity index (χ3n) is 4.23. The lowest BCUT2D eigenvalue weighted by molar-refractivity contribution is 0.453. The number of benzene rings is 1. The van der Waals surface area contributed by atoms with Crippen molar-refractivity contribution < 1.29 is 0 Å². The molecular formula is C17H21N3. The first-order chi connectivity index (χ1) is 9.81. The van der Waals surface area contributed by atoms with Crippen molar-refractivity contribution >= 4 is 5.69 Å². The molecule has 0 saturated heterocycles. The van der Waals surface area contributed by atoms with E-state index in [4.69, 9.17) is 5.73 Å². The van der Waals surface area contributed by atoms with Crippen LogP contribution in [0.15, 0.2) is 42.7 Å². The fraction of sp³-hybridized carbons (Fsp3) is 0.353. The summed E-state index contributed by atoms with van der Waals surface area (Å²) in [5.74, 6) is 0.484. The lowest BCUT2D eigenvalue weighted by Gasteiger charge is -2.26. The molecule has 0 bridgehead atoms. The maximum Gasteiger partial charge on any atom is 0.0425 e. The molecule has 1 aromatic carbocycles. The van der Waals surface area contributed by atoms with E-state index in [-0.39, 0.29) is 6.04 Å². The standard InChI is InChI=1S/C17H21N3/c1-2-20-17(15-11-19-10-9-16(15)18)14-8-7-12-5-3-4-6-13(12)14/h3-6,9-11,14,17,20H,2,7-8H2,1H3,(H2,18,19). The molecule has 1 heterocycles. The predicted molar refractivity (Wildman–Crippen MR) is 82.6 cm³/mol. The van der Waals surface area contributed by atoms with Crippen molar-refractivity contribution in [3.8, 4) is 0 Å². The number of nitrogen functional groups attached to an aromatic ring is 1. The van der Waals surface area contributed by atoms with Gasteiger partial charge >= 0.3 is 0 Å². The van der Waals surface area contributed by atoms with Crippen molar-refractivity contribution in [3.63, 3.8) is 0 Å². The summed E-state index contributed by atoms with van der Waals surface area (Å²) in [5.41, 5.74) is 11.0. The van der Waals surface area contributed by atoms with Gasteiger partial charge in [-0.25, -0.2) is 0 Å². The van der Waals surface area contributed by atoms with Crippen LogP contribution in [0.3, 0.4) is 0 Å². The summed E-state index contributed by atoms with van der Waals surface area (Å²) in [5, 5.41) is 3.60. The van der Waals surface area contributed by atoms with Crippen LogP contribution in [0, 0.1) is 0 Å². The van der Waals surface area contributed by atoms with Crippen molar-refractivity contribution in [3.05, 3.63) is 59.4 Å². The molecule has 3 rings (SSSR count). The average molecular weight is 267 g/mol. The number of hydrogen-bond donors (Lipinski definition) is 2. The number of fused-ring (bicyclic) bond motifs is 1. The molecule has 2 unspecified atom stereocenters. The van der Waals surface area contributed by atoms with E-state index in [2.05, 4.69) is 41.5 Å². The van der Waals surface area contributed by atoms with Crippen LogP contribution in [0.4, 0.5) is 5.69 Å². The van der Waals surface area contributed by atoms with E-state index < -0.39 is 0 Å². The van der Waals surface area contributed by atoms with Crippen molar-refractivity contribution in [2.24, 2.45) is 0 Å². The van der Waals surface area contributed by atoms with Crippen LogP contribution in [0.5, 0.6) is 0 Å². The fourth-order valence-corrected chi connectivity index (χ4v) is 3.30. The second-order valence-corrected chi connectivity index (χ2v) is 5.38. The minimum atomic E-state index is 0.248. The van der Waals surface area contributed by atoms with Crippen LogP contribution in [-0.4, -0.2) is 11.5 Å². The Balaban J connectivity index is 1.99. The summed E-state index contributed by atoms with van der Waals surface area (Å²) < 4.78 is 0. The van der Waals surface area contributed by atoms with Crippen molar-refractivity contribution in [2.45, 2.75) is 31.7 Å². The number of likely N-dealkylation sites (N-methyl/N-ethyl adjacent to an activating group) is 1. The highest BCUT2D eigenvalue weighted by Gasteiger charge is 2.31. The largest absolute Gasteiger partial charge is 0.398 e. The molecule has 0 radical (unpaired) electrons. The molecule has 20 heavy (non-hydrogen) atoms. The zero-order chi connectivity index (χ0) is 13.9. The minimum absolute atomic E-state index is 0.248. The van der Waals surface area contributed by atoms with E-state index in [1.165, 1.54) is 17.5 Å². The second-order valence-electron chi connectivity index (χ2n) is 5.38. The normalized spacial score (nSPS) is 18.8. The quantitative estimate of drug-likeness (QED) is 0.895. The van der Waals surface area contributed by atoms with Gasteiger partial charge in [-0.05, 0) is 36.6 Å². The van der Waals surface area contributed by atoms with Gasteiger partial charge in [-0.15, -0.1) is 0 Å². The Morgan fingerprint density at radius 1 is 1.35 bits per heavy atom. The maximum atomic E-state index is 6.16. The van der Waals surface area contributed by atoms with Gasteiger partial charge in [0, 0.05) is 35.6 Å². The highest BCUT2D eigenvalue weighted by molar-refractivity contribution is 5.49. The highest BCUT2D eigenvalue weighted by Crippen LogP contribution is 2.42. The van der Waals surface area contributed by atoms with Gasteiger partial charge < -0.3 is 11.1 Å². The first kappa shape index (κ1) is 13.1. The fourth-order valence-electron chi connectivity index (χ4n) is 3.30. The maximum absolute atomic E-state index is 6.16. The van der Waals surface area contributed by atoms with E-state index in [9.17, 15) is 0 Å². The molecule has 2 atom stereocenters. The molecule has 3 heteroatoms. The molecule has 3 N–H and O–H groups in total. The molecule has 2 aromatic rings. The van der Waals surface area contributed by atoms with Crippen LogP contribution in [-0.2, 0) is 6.42 Å². The second kappa shape index (κ2) is 5.63. The van der Waals surface area contributed by atoms with E-state index in [0.29, 0.717) is 5.92 Å². The van der Waals surface area contributed by atoms with Crippen molar-refractivity contribution in [1.82, 2.24) is 10.3 Å².